The maximum absolute atomic E-state index is 12.4. The maximum atomic E-state index is 12.4. The summed E-state index contributed by atoms with van der Waals surface area (Å²) in [7, 11) is -3.91. The maximum Gasteiger partial charge on any atom is 0.285 e. The van der Waals surface area contributed by atoms with Crippen molar-refractivity contribution in [1.82, 2.24) is 10.3 Å². The van der Waals surface area contributed by atoms with Gasteiger partial charge in [-0.15, -0.1) is 16.8 Å². The van der Waals surface area contributed by atoms with Crippen molar-refractivity contribution in [2.24, 2.45) is 10.1 Å². The molecule has 0 saturated carbocycles. The Labute approximate surface area is 214 Å². The van der Waals surface area contributed by atoms with Crippen LogP contribution >= 0.6 is 24.0 Å². The second-order valence-electron chi connectivity index (χ2n) is 7.41. The molecule has 3 aromatic carbocycles. The number of sulfonamides is 1. The molecule has 4 rings (SSSR count). The molecular weight excluding hydrogens is 507 g/mol. The second-order valence-corrected chi connectivity index (χ2v) is 9.45. The van der Waals surface area contributed by atoms with Crippen molar-refractivity contribution in [2.75, 3.05) is 0 Å². The average Bonchev–Trinajstić information content (AvgIpc) is 2.84. The minimum absolute atomic E-state index is 0. The molecule has 1 aromatic heterocycles. The number of nitrogens with zero attached hydrogens (tertiary/aromatic N) is 2. The molecule has 0 saturated heterocycles. The van der Waals surface area contributed by atoms with Gasteiger partial charge < -0.3 is 16.2 Å². The molecule has 0 bridgehead atoms. The molecule has 4 N–H and O–H groups in total. The van der Waals surface area contributed by atoms with E-state index in [1.54, 1.807) is 60.8 Å². The number of phenols is 1. The number of hydrogen-bond donors (Lipinski definition) is 3. The molecule has 0 aliphatic heterocycles. The van der Waals surface area contributed by atoms with E-state index in [2.05, 4.69) is 14.7 Å². The van der Waals surface area contributed by atoms with Gasteiger partial charge in [-0.3, -0.25) is 4.98 Å². The van der Waals surface area contributed by atoms with Crippen molar-refractivity contribution in [2.45, 2.75) is 11.4 Å². The number of pyridine rings is 1. The predicted molar refractivity (Wildman–Crippen MR) is 141 cm³/mol. The van der Waals surface area contributed by atoms with Gasteiger partial charge in [0.05, 0.1) is 10.6 Å². The summed E-state index contributed by atoms with van der Waals surface area (Å²) >= 11 is 6.06. The minimum atomic E-state index is -3.91. The van der Waals surface area contributed by atoms with Crippen molar-refractivity contribution >= 4 is 40.0 Å². The topological polar surface area (TPSA) is 118 Å². The van der Waals surface area contributed by atoms with Crippen LogP contribution in [0.4, 0.5) is 0 Å². The molecule has 0 radical (unpaired) electrons. The Morgan fingerprint density at radius 3 is 2.26 bits per heavy atom. The number of rotatable bonds is 6. The van der Waals surface area contributed by atoms with Gasteiger partial charge in [0.2, 0.25) is 5.96 Å². The molecule has 0 atom stereocenters. The highest BCUT2D eigenvalue weighted by Gasteiger charge is 2.14. The number of benzene rings is 3. The smallest absolute Gasteiger partial charge is 0.285 e. The number of hydrogen-bond acceptors (Lipinski definition) is 4. The monoisotopic (exact) mass is 528 g/mol. The van der Waals surface area contributed by atoms with Crippen molar-refractivity contribution in [1.29, 1.82) is 0 Å². The van der Waals surface area contributed by atoms with Gasteiger partial charge in [-0.1, -0.05) is 41.9 Å². The number of nitrogens with one attached hydrogen (secondary N) is 1. The summed E-state index contributed by atoms with van der Waals surface area (Å²) in [4.78, 5) is 4.68. The largest absolute Gasteiger partial charge is 0.508 e. The second kappa shape index (κ2) is 11.2. The fraction of sp³-hybridized carbons (Fsp3) is 0.0400. The molecule has 0 fully saturated rings. The predicted octanol–water partition coefficient (Wildman–Crippen LogP) is 4.99. The molecule has 10 heteroatoms. The standard InChI is InChI=1S/C25H21ClN4O3S.ClH/c26-20-10-6-18(7-11-20)23-14-17(15-28-24(23)19-8-12-21(31)13-9-19)16-29-25(27)30-34(32,33)22-4-2-1-3-5-22;/h1-15,31H,16H2,(H3,27,29,30);1H. The number of guanidine groups is 1. The summed E-state index contributed by atoms with van der Waals surface area (Å²) in [5.41, 5.74) is 9.91. The highest BCUT2D eigenvalue weighted by molar-refractivity contribution is 7.90. The average molecular weight is 529 g/mol. The summed E-state index contributed by atoms with van der Waals surface area (Å²) in [6, 6.07) is 23.9. The van der Waals surface area contributed by atoms with E-state index in [4.69, 9.17) is 17.3 Å². The van der Waals surface area contributed by atoms with Gasteiger partial charge in [-0.25, -0.2) is 0 Å². The quantitative estimate of drug-likeness (QED) is 0.239. The first-order valence-corrected chi connectivity index (χ1v) is 12.1. The fourth-order valence-electron chi connectivity index (χ4n) is 3.30. The number of aromatic hydroxyl groups is 1. The van der Waals surface area contributed by atoms with E-state index in [1.807, 2.05) is 18.2 Å². The number of aromatic nitrogens is 1. The van der Waals surface area contributed by atoms with Gasteiger partial charge in [0.1, 0.15) is 5.75 Å². The van der Waals surface area contributed by atoms with E-state index in [1.165, 1.54) is 12.1 Å². The van der Waals surface area contributed by atoms with Gasteiger partial charge in [0, 0.05) is 28.9 Å². The number of nitrogens with two attached hydrogens (primary N) is 1. The third-order valence-corrected chi connectivity index (χ3v) is 6.53. The SMILES string of the molecule is Cl.N/C(=N\S(=O)(=O)c1ccccc1)NCc1cnc(-c2ccc(O)cc2)c(-c2ccc(Cl)cc2)c1. The Hall–Kier alpha value is -3.59. The molecule has 7 nitrogen and oxygen atoms in total. The molecular formula is C25H22Cl2N4O3S. The van der Waals surface area contributed by atoms with Crippen LogP contribution in [0.5, 0.6) is 5.75 Å². The minimum Gasteiger partial charge on any atom is -0.508 e. The number of halogens is 2. The Morgan fingerprint density at radius 1 is 0.971 bits per heavy atom. The van der Waals surface area contributed by atoms with E-state index in [9.17, 15) is 13.5 Å². The molecule has 4 aromatic rings. The summed E-state index contributed by atoms with van der Waals surface area (Å²) in [5, 5.41) is 13.1. The lowest BCUT2D eigenvalue weighted by atomic mass is 9.98. The lowest BCUT2D eigenvalue weighted by molar-refractivity contribution is 0.475. The molecule has 0 aliphatic rings. The van der Waals surface area contributed by atoms with E-state index in [0.717, 1.165) is 27.9 Å². The number of phenolic OH excluding ortho intramolecular Hbond substituents is 1. The molecule has 0 aliphatic carbocycles. The van der Waals surface area contributed by atoms with Gasteiger partial charge in [-0.05, 0) is 65.7 Å². The zero-order valence-corrected chi connectivity index (χ0v) is 20.7. The van der Waals surface area contributed by atoms with Gasteiger partial charge in [0.15, 0.2) is 0 Å². The third-order valence-electron chi connectivity index (χ3n) is 4.97. The first-order chi connectivity index (χ1) is 16.3. The fourth-order valence-corrected chi connectivity index (χ4v) is 4.36. The third kappa shape index (κ3) is 6.51. The van der Waals surface area contributed by atoms with Gasteiger partial charge in [0.25, 0.3) is 10.0 Å². The molecule has 1 heterocycles. The van der Waals surface area contributed by atoms with Crippen molar-refractivity contribution in [3.05, 3.63) is 102 Å². The zero-order valence-electron chi connectivity index (χ0n) is 18.3. The van der Waals surface area contributed by atoms with Crippen LogP contribution in [0.3, 0.4) is 0 Å². The molecule has 35 heavy (non-hydrogen) atoms. The zero-order chi connectivity index (χ0) is 24.1. The Morgan fingerprint density at radius 2 is 1.60 bits per heavy atom. The van der Waals surface area contributed by atoms with Crippen LogP contribution < -0.4 is 11.1 Å². The van der Waals surface area contributed by atoms with Crippen molar-refractivity contribution < 1.29 is 13.5 Å². The van der Waals surface area contributed by atoms with Crippen LogP contribution in [0, 0.1) is 0 Å². The highest BCUT2D eigenvalue weighted by Crippen LogP contribution is 2.32. The van der Waals surface area contributed by atoms with Crippen molar-refractivity contribution in [3.8, 4) is 28.1 Å². The summed E-state index contributed by atoms with van der Waals surface area (Å²) in [6.45, 7) is 0.211. The van der Waals surface area contributed by atoms with E-state index < -0.39 is 10.0 Å². The first kappa shape index (κ1) is 26.0. The summed E-state index contributed by atoms with van der Waals surface area (Å²) < 4.78 is 28.4. The molecule has 180 valence electrons. The normalized spacial score (nSPS) is 11.5. The lowest BCUT2D eigenvalue weighted by Crippen LogP contribution is -2.32. The molecule has 0 unspecified atom stereocenters. The highest BCUT2D eigenvalue weighted by atomic mass is 35.5. The Kier molecular flexibility index (Phi) is 8.34. The Balaban J connectivity index is 0.00000342. The summed E-state index contributed by atoms with van der Waals surface area (Å²) in [5.74, 6) is -0.0580. The Bertz CT molecular complexity index is 1430. The molecule has 0 spiro atoms. The van der Waals surface area contributed by atoms with Crippen LogP contribution in [-0.4, -0.2) is 24.5 Å². The van der Waals surface area contributed by atoms with Crippen LogP contribution in [0.15, 0.2) is 100 Å². The van der Waals surface area contributed by atoms with Crippen LogP contribution in [0.1, 0.15) is 5.56 Å². The van der Waals surface area contributed by atoms with E-state index in [-0.39, 0.29) is 35.6 Å². The lowest BCUT2D eigenvalue weighted by Gasteiger charge is -2.13. The van der Waals surface area contributed by atoms with E-state index >= 15 is 0 Å². The van der Waals surface area contributed by atoms with Crippen LogP contribution in [-0.2, 0) is 16.6 Å². The first-order valence-electron chi connectivity index (χ1n) is 10.3. The van der Waals surface area contributed by atoms with Crippen molar-refractivity contribution in [3.63, 3.8) is 0 Å². The van der Waals surface area contributed by atoms with Gasteiger partial charge >= 0.3 is 0 Å². The molecule has 0 amide bonds. The van der Waals surface area contributed by atoms with Gasteiger partial charge in [-0.2, -0.15) is 8.42 Å². The van der Waals surface area contributed by atoms with E-state index in [0.29, 0.717) is 5.02 Å². The van der Waals surface area contributed by atoms with Crippen LogP contribution in [0.2, 0.25) is 5.02 Å². The van der Waals surface area contributed by atoms with Crippen LogP contribution in [0.25, 0.3) is 22.4 Å². The summed E-state index contributed by atoms with van der Waals surface area (Å²) in [6.07, 6.45) is 1.67.